The fraction of sp³-hybridized carbons (Fsp3) is 0.458. The predicted molar refractivity (Wildman–Crippen MR) is 119 cm³/mol. The first kappa shape index (κ1) is 21.3. The fourth-order valence-corrected chi connectivity index (χ4v) is 4.26. The second-order valence-electron chi connectivity index (χ2n) is 8.23. The van der Waals surface area contributed by atoms with Gasteiger partial charge in [0.1, 0.15) is 6.61 Å². The molecule has 7 nitrogen and oxygen atoms in total. The molecule has 31 heavy (non-hydrogen) atoms. The van der Waals surface area contributed by atoms with Crippen LogP contribution in [0.15, 0.2) is 48.8 Å². The van der Waals surface area contributed by atoms with Crippen LogP contribution < -0.4 is 5.32 Å². The van der Waals surface area contributed by atoms with Gasteiger partial charge >= 0.3 is 6.03 Å². The molecule has 0 unspecified atom stereocenters. The summed E-state index contributed by atoms with van der Waals surface area (Å²) in [5.41, 5.74) is 3.25. The van der Waals surface area contributed by atoms with Crippen molar-refractivity contribution in [1.82, 2.24) is 14.8 Å². The summed E-state index contributed by atoms with van der Waals surface area (Å²) in [4.78, 5) is 32.4. The molecule has 0 aliphatic carbocycles. The number of aromatic nitrogens is 1. The lowest BCUT2D eigenvalue weighted by molar-refractivity contribution is -0.137. The van der Waals surface area contributed by atoms with Crippen LogP contribution in [0.25, 0.3) is 0 Å². The Morgan fingerprint density at radius 3 is 2.42 bits per heavy atom. The van der Waals surface area contributed by atoms with Gasteiger partial charge in [0.05, 0.1) is 0 Å². The summed E-state index contributed by atoms with van der Waals surface area (Å²) < 4.78 is 5.23. The number of nitrogens with one attached hydrogen (secondary N) is 1. The second kappa shape index (κ2) is 9.92. The van der Waals surface area contributed by atoms with E-state index in [2.05, 4.69) is 28.5 Å². The Balaban J connectivity index is 1.23. The van der Waals surface area contributed by atoms with E-state index >= 15 is 0 Å². The molecule has 7 heteroatoms. The van der Waals surface area contributed by atoms with E-state index in [-0.39, 0.29) is 18.5 Å². The summed E-state index contributed by atoms with van der Waals surface area (Å²) >= 11 is 0. The van der Waals surface area contributed by atoms with Crippen molar-refractivity contribution in [2.75, 3.05) is 44.7 Å². The number of pyridine rings is 1. The van der Waals surface area contributed by atoms with Gasteiger partial charge < -0.3 is 19.9 Å². The molecule has 0 saturated carbocycles. The van der Waals surface area contributed by atoms with Gasteiger partial charge in [-0.2, -0.15) is 0 Å². The Hall–Kier alpha value is -2.93. The third-order valence-electron chi connectivity index (χ3n) is 6.24. The maximum Gasteiger partial charge on any atom is 0.321 e. The highest BCUT2D eigenvalue weighted by molar-refractivity contribution is 5.90. The van der Waals surface area contributed by atoms with Crippen molar-refractivity contribution >= 4 is 17.6 Å². The van der Waals surface area contributed by atoms with Crippen LogP contribution in [0.2, 0.25) is 0 Å². The number of benzene rings is 1. The van der Waals surface area contributed by atoms with Crippen LogP contribution in [0.5, 0.6) is 0 Å². The zero-order valence-corrected chi connectivity index (χ0v) is 18.0. The zero-order valence-electron chi connectivity index (χ0n) is 18.0. The van der Waals surface area contributed by atoms with Crippen LogP contribution >= 0.6 is 0 Å². The van der Waals surface area contributed by atoms with Crippen molar-refractivity contribution in [2.45, 2.75) is 31.6 Å². The average molecular weight is 423 g/mol. The van der Waals surface area contributed by atoms with Gasteiger partial charge in [-0.15, -0.1) is 0 Å². The minimum atomic E-state index is -0.0611. The molecule has 3 heterocycles. The van der Waals surface area contributed by atoms with E-state index in [0.29, 0.717) is 18.4 Å². The fourth-order valence-electron chi connectivity index (χ4n) is 4.26. The Bertz CT molecular complexity index is 873. The molecule has 0 spiro atoms. The van der Waals surface area contributed by atoms with Crippen LogP contribution in [0, 0.1) is 0 Å². The standard InChI is InChI=1S/C24H30N4O3/c1-2-31-17-23(29)27-12-9-19(10-13-27)18-5-7-22(8-6-18)26-24(30)28-15-21(16-28)20-4-3-11-25-14-20/h3-8,11,14,19,21H,2,9-10,12-13,15-17H2,1H3,(H,26,30). The molecule has 0 radical (unpaired) electrons. The maximum absolute atomic E-state index is 12.5. The monoisotopic (exact) mass is 422 g/mol. The Morgan fingerprint density at radius 2 is 1.77 bits per heavy atom. The second-order valence-corrected chi connectivity index (χ2v) is 8.23. The predicted octanol–water partition coefficient (Wildman–Crippen LogP) is 3.46. The maximum atomic E-state index is 12.5. The van der Waals surface area contributed by atoms with Gasteiger partial charge in [-0.05, 0) is 55.0 Å². The molecule has 2 aromatic rings. The van der Waals surface area contributed by atoms with Gasteiger partial charge in [0.2, 0.25) is 5.91 Å². The SMILES string of the molecule is CCOCC(=O)N1CCC(c2ccc(NC(=O)N3CC(c4cccnc4)C3)cc2)CC1. The number of anilines is 1. The number of likely N-dealkylation sites (tertiary alicyclic amines) is 2. The summed E-state index contributed by atoms with van der Waals surface area (Å²) in [5.74, 6) is 0.889. The molecule has 2 saturated heterocycles. The number of carbonyl (C=O) groups excluding carboxylic acids is 2. The molecule has 2 aliphatic heterocycles. The highest BCUT2D eigenvalue weighted by atomic mass is 16.5. The first-order valence-corrected chi connectivity index (χ1v) is 11.1. The number of carbonyl (C=O) groups is 2. The molecule has 1 aromatic heterocycles. The van der Waals surface area contributed by atoms with E-state index < -0.39 is 0 Å². The molecule has 1 N–H and O–H groups in total. The molecule has 0 atom stereocenters. The molecular weight excluding hydrogens is 392 g/mol. The van der Waals surface area contributed by atoms with Crippen molar-refractivity contribution in [2.24, 2.45) is 0 Å². The third-order valence-corrected chi connectivity index (χ3v) is 6.24. The quantitative estimate of drug-likeness (QED) is 0.774. The lowest BCUT2D eigenvalue weighted by Crippen LogP contribution is -2.50. The van der Waals surface area contributed by atoms with Gasteiger partial charge in [0, 0.05) is 56.8 Å². The molecular formula is C24H30N4O3. The van der Waals surface area contributed by atoms with Gasteiger partial charge in [-0.25, -0.2) is 4.79 Å². The van der Waals surface area contributed by atoms with Crippen LogP contribution in [0.3, 0.4) is 0 Å². The van der Waals surface area contributed by atoms with Crippen molar-refractivity contribution in [3.63, 3.8) is 0 Å². The first-order valence-electron chi connectivity index (χ1n) is 11.1. The number of piperidine rings is 1. The molecule has 2 aliphatic rings. The van der Waals surface area contributed by atoms with Crippen LogP contribution in [-0.4, -0.2) is 66.1 Å². The van der Waals surface area contributed by atoms with Crippen molar-refractivity contribution in [3.05, 3.63) is 59.9 Å². The van der Waals surface area contributed by atoms with Crippen LogP contribution in [0.1, 0.15) is 42.7 Å². The van der Waals surface area contributed by atoms with Crippen LogP contribution in [-0.2, 0) is 9.53 Å². The molecule has 164 valence electrons. The number of urea groups is 1. The number of nitrogens with zero attached hydrogens (tertiary/aromatic N) is 3. The minimum absolute atomic E-state index is 0.0611. The van der Waals surface area contributed by atoms with E-state index in [0.717, 1.165) is 44.7 Å². The summed E-state index contributed by atoms with van der Waals surface area (Å²) in [6, 6.07) is 12.1. The van der Waals surface area contributed by atoms with Crippen molar-refractivity contribution in [1.29, 1.82) is 0 Å². The summed E-state index contributed by atoms with van der Waals surface area (Å²) in [5, 5.41) is 2.99. The largest absolute Gasteiger partial charge is 0.372 e. The highest BCUT2D eigenvalue weighted by Gasteiger charge is 2.32. The zero-order chi connectivity index (χ0) is 21.6. The first-order chi connectivity index (χ1) is 15.1. The molecule has 4 rings (SSSR count). The third kappa shape index (κ3) is 5.22. The average Bonchev–Trinajstić information content (AvgIpc) is 2.78. The van der Waals surface area contributed by atoms with E-state index in [4.69, 9.17) is 4.74 Å². The van der Waals surface area contributed by atoms with Gasteiger partial charge in [0.15, 0.2) is 0 Å². The topological polar surface area (TPSA) is 74.8 Å². The summed E-state index contributed by atoms with van der Waals surface area (Å²) in [6.07, 6.45) is 5.54. The minimum Gasteiger partial charge on any atom is -0.372 e. The van der Waals surface area contributed by atoms with Crippen LogP contribution in [0.4, 0.5) is 10.5 Å². The van der Waals surface area contributed by atoms with E-state index in [1.165, 1.54) is 11.1 Å². The Kier molecular flexibility index (Phi) is 6.82. The lowest BCUT2D eigenvalue weighted by atomic mass is 9.89. The van der Waals surface area contributed by atoms with Gasteiger partial charge in [0.25, 0.3) is 0 Å². The molecule has 0 bridgehead atoms. The van der Waals surface area contributed by atoms with Gasteiger partial charge in [-0.3, -0.25) is 9.78 Å². The van der Waals surface area contributed by atoms with Crippen molar-refractivity contribution in [3.8, 4) is 0 Å². The van der Waals surface area contributed by atoms with E-state index in [1.54, 1.807) is 6.20 Å². The molecule has 2 fully saturated rings. The van der Waals surface area contributed by atoms with Gasteiger partial charge in [-0.1, -0.05) is 18.2 Å². The number of ether oxygens (including phenoxy) is 1. The lowest BCUT2D eigenvalue weighted by Gasteiger charge is -2.39. The molecule has 1 aromatic carbocycles. The molecule has 3 amide bonds. The number of amides is 3. The Morgan fingerprint density at radius 1 is 1.03 bits per heavy atom. The summed E-state index contributed by atoms with van der Waals surface area (Å²) in [6.45, 7) is 5.61. The number of hydrogen-bond acceptors (Lipinski definition) is 4. The highest BCUT2D eigenvalue weighted by Crippen LogP contribution is 2.30. The van der Waals surface area contributed by atoms with E-state index in [1.807, 2.05) is 41.1 Å². The number of rotatable bonds is 6. The summed E-state index contributed by atoms with van der Waals surface area (Å²) in [7, 11) is 0. The Labute approximate surface area is 183 Å². The van der Waals surface area contributed by atoms with Crippen molar-refractivity contribution < 1.29 is 14.3 Å². The number of hydrogen-bond donors (Lipinski definition) is 1. The smallest absolute Gasteiger partial charge is 0.321 e. The van der Waals surface area contributed by atoms with E-state index in [9.17, 15) is 9.59 Å². The normalized spacial score (nSPS) is 17.3.